The number of thiazole rings is 1. The molecule has 0 N–H and O–H groups in total. The zero-order valence-corrected chi connectivity index (χ0v) is 20.7. The van der Waals surface area contributed by atoms with Crippen LogP contribution in [0.5, 0.6) is 0 Å². The molecule has 4 heterocycles. The summed E-state index contributed by atoms with van der Waals surface area (Å²) in [6, 6.07) is 14.7. The molecular formula is C27H26FN5O2S. The lowest BCUT2D eigenvalue weighted by molar-refractivity contribution is -0.117. The molecule has 2 fully saturated rings. The Balaban J connectivity index is 1.16. The summed E-state index contributed by atoms with van der Waals surface area (Å²) in [5.41, 5.74) is 2.78. The summed E-state index contributed by atoms with van der Waals surface area (Å²) in [6.07, 6.45) is 4.09. The van der Waals surface area contributed by atoms with E-state index in [1.165, 1.54) is 23.5 Å². The van der Waals surface area contributed by atoms with Gasteiger partial charge in [0.05, 0.1) is 5.52 Å². The number of carbonyl (C=O) groups is 2. The first kappa shape index (κ1) is 22.9. The van der Waals surface area contributed by atoms with Crippen LogP contribution in [0.4, 0.5) is 10.1 Å². The van der Waals surface area contributed by atoms with Gasteiger partial charge in [0.15, 0.2) is 5.01 Å². The minimum Gasteiger partial charge on any atom is -0.334 e. The molecule has 0 aliphatic carbocycles. The van der Waals surface area contributed by atoms with Gasteiger partial charge >= 0.3 is 0 Å². The van der Waals surface area contributed by atoms with Crippen molar-refractivity contribution in [2.24, 2.45) is 0 Å². The monoisotopic (exact) mass is 503 g/mol. The van der Waals surface area contributed by atoms with Gasteiger partial charge in [-0.3, -0.25) is 14.5 Å². The van der Waals surface area contributed by atoms with Gasteiger partial charge in [-0.2, -0.15) is 0 Å². The number of nitrogens with zero attached hydrogens (tertiary/aromatic N) is 5. The number of anilines is 1. The molecule has 0 saturated carbocycles. The summed E-state index contributed by atoms with van der Waals surface area (Å²) >= 11 is 1.37. The number of carbonyl (C=O) groups excluding carboxylic acids is 2. The molecule has 7 nitrogen and oxygen atoms in total. The van der Waals surface area contributed by atoms with E-state index in [9.17, 15) is 14.0 Å². The van der Waals surface area contributed by atoms with Gasteiger partial charge in [-0.15, -0.1) is 11.3 Å². The van der Waals surface area contributed by atoms with Gasteiger partial charge in [0.25, 0.3) is 5.91 Å². The van der Waals surface area contributed by atoms with Crippen molar-refractivity contribution in [1.29, 1.82) is 0 Å². The van der Waals surface area contributed by atoms with Gasteiger partial charge in [-0.25, -0.2) is 9.37 Å². The fourth-order valence-corrected chi connectivity index (χ4v) is 6.05. The molecule has 9 heteroatoms. The Morgan fingerprint density at radius 3 is 2.61 bits per heavy atom. The van der Waals surface area contributed by atoms with E-state index in [4.69, 9.17) is 0 Å². The van der Waals surface area contributed by atoms with Crippen LogP contribution >= 0.6 is 11.3 Å². The van der Waals surface area contributed by atoms with Crippen LogP contribution < -0.4 is 4.90 Å². The molecule has 1 unspecified atom stereocenters. The Kier molecular flexibility index (Phi) is 5.81. The molecule has 2 aliphatic heterocycles. The summed E-state index contributed by atoms with van der Waals surface area (Å²) in [6.45, 7) is 4.76. The van der Waals surface area contributed by atoms with E-state index in [1.54, 1.807) is 18.3 Å². The molecule has 0 radical (unpaired) electrons. The van der Waals surface area contributed by atoms with Gasteiger partial charge in [0.2, 0.25) is 5.91 Å². The third-order valence-electron chi connectivity index (χ3n) is 7.25. The molecular weight excluding hydrogens is 477 g/mol. The maximum absolute atomic E-state index is 13.3. The highest BCUT2D eigenvalue weighted by Crippen LogP contribution is 2.30. The lowest BCUT2D eigenvalue weighted by Crippen LogP contribution is -2.57. The minimum atomic E-state index is -0.263. The zero-order valence-electron chi connectivity index (χ0n) is 19.9. The summed E-state index contributed by atoms with van der Waals surface area (Å²) in [4.78, 5) is 36.0. The van der Waals surface area contributed by atoms with Crippen molar-refractivity contribution in [3.63, 3.8) is 0 Å². The Morgan fingerprint density at radius 2 is 1.86 bits per heavy atom. The molecule has 2 aliphatic rings. The average molecular weight is 504 g/mol. The number of halogens is 1. The molecule has 0 bridgehead atoms. The first-order valence-corrected chi connectivity index (χ1v) is 13.0. The number of piperazine rings is 1. The van der Waals surface area contributed by atoms with E-state index in [1.807, 2.05) is 50.2 Å². The third kappa shape index (κ3) is 4.08. The lowest BCUT2D eigenvalue weighted by atomic mass is 10.1. The fraction of sp³-hybridized carbons (Fsp3) is 0.296. The number of benzene rings is 2. The minimum absolute atomic E-state index is 0.0125. The number of fused-ring (bicyclic) bond motifs is 1. The predicted molar refractivity (Wildman–Crippen MR) is 138 cm³/mol. The summed E-state index contributed by atoms with van der Waals surface area (Å²) in [5.74, 6) is -0.159. The van der Waals surface area contributed by atoms with E-state index in [2.05, 4.69) is 16.8 Å². The molecule has 2 amide bonds. The first-order chi connectivity index (χ1) is 17.5. The van der Waals surface area contributed by atoms with Crippen LogP contribution in [0.25, 0.3) is 16.6 Å². The van der Waals surface area contributed by atoms with Crippen molar-refractivity contribution < 1.29 is 14.0 Å². The fourth-order valence-electron chi connectivity index (χ4n) is 5.45. The van der Waals surface area contributed by atoms with E-state index >= 15 is 0 Å². The normalized spacial score (nSPS) is 21.0. The lowest BCUT2D eigenvalue weighted by Gasteiger charge is -2.42. The first-order valence-electron chi connectivity index (χ1n) is 12.1. The van der Waals surface area contributed by atoms with E-state index < -0.39 is 0 Å². The Labute approximate surface area is 212 Å². The number of aromatic nitrogens is 2. The highest BCUT2D eigenvalue weighted by molar-refractivity contribution is 7.11. The largest absolute Gasteiger partial charge is 0.334 e. The highest BCUT2D eigenvalue weighted by Gasteiger charge is 2.39. The topological polar surface area (TPSA) is 61.7 Å². The van der Waals surface area contributed by atoms with Crippen LogP contribution in [0.3, 0.4) is 0 Å². The van der Waals surface area contributed by atoms with Crippen molar-refractivity contribution in [2.75, 3.05) is 31.1 Å². The SMILES string of the molecule is C[C@H]1CN(C(=O)c2nccs2)CCN1C1CC(=O)N(c2ccc3c(ccn3-c3ccc(F)cc3)c2)C1. The quantitative estimate of drug-likeness (QED) is 0.419. The second kappa shape index (κ2) is 9.15. The molecule has 2 aromatic heterocycles. The Hall–Kier alpha value is -3.56. The van der Waals surface area contributed by atoms with Gasteiger partial charge in [-0.05, 0) is 55.5 Å². The van der Waals surface area contributed by atoms with Gasteiger partial charge in [-0.1, -0.05) is 0 Å². The average Bonchev–Trinajstić information content (AvgIpc) is 3.64. The van der Waals surface area contributed by atoms with E-state index in [0.717, 1.165) is 28.8 Å². The summed E-state index contributed by atoms with van der Waals surface area (Å²) < 4.78 is 15.4. The molecule has 6 rings (SSSR count). The maximum Gasteiger partial charge on any atom is 0.282 e. The predicted octanol–water partition coefficient (Wildman–Crippen LogP) is 4.18. The highest BCUT2D eigenvalue weighted by atomic mass is 32.1. The molecule has 4 aromatic rings. The number of amides is 2. The Bertz CT molecular complexity index is 1420. The molecule has 2 atom stereocenters. The zero-order chi connectivity index (χ0) is 24.8. The van der Waals surface area contributed by atoms with Crippen LogP contribution in [0.15, 0.2) is 66.3 Å². The number of rotatable bonds is 4. The van der Waals surface area contributed by atoms with E-state index in [-0.39, 0.29) is 29.7 Å². The van der Waals surface area contributed by atoms with Gasteiger partial charge < -0.3 is 14.4 Å². The number of hydrogen-bond acceptors (Lipinski definition) is 5. The van der Waals surface area contributed by atoms with Crippen molar-refractivity contribution >= 4 is 39.7 Å². The van der Waals surface area contributed by atoms with Crippen LogP contribution in [0.1, 0.15) is 23.1 Å². The van der Waals surface area contributed by atoms with Crippen molar-refractivity contribution in [2.45, 2.75) is 25.4 Å². The molecule has 184 valence electrons. The standard InChI is InChI=1S/C27H26FN5O2S/c1-18-16-30(27(35)26-29-9-13-36-26)11-12-31(18)23-15-25(34)33(17-23)22-6-7-24-19(14-22)8-10-32(24)21-4-2-20(28)3-5-21/h2-10,13-14,18,23H,11-12,15-17H2,1H3/t18-,23?/m0/s1. The second-order valence-electron chi connectivity index (χ2n) is 9.44. The smallest absolute Gasteiger partial charge is 0.282 e. The number of hydrogen-bond donors (Lipinski definition) is 0. The second-order valence-corrected chi connectivity index (χ2v) is 10.3. The summed E-state index contributed by atoms with van der Waals surface area (Å²) in [7, 11) is 0. The summed E-state index contributed by atoms with van der Waals surface area (Å²) in [5, 5.41) is 3.37. The molecule has 2 aromatic carbocycles. The maximum atomic E-state index is 13.3. The van der Waals surface area contributed by atoms with Crippen molar-refractivity contribution in [3.05, 3.63) is 77.1 Å². The van der Waals surface area contributed by atoms with Crippen LogP contribution in [-0.2, 0) is 4.79 Å². The van der Waals surface area contributed by atoms with Crippen molar-refractivity contribution in [3.8, 4) is 5.69 Å². The van der Waals surface area contributed by atoms with Gasteiger partial charge in [0.1, 0.15) is 5.82 Å². The molecule has 2 saturated heterocycles. The van der Waals surface area contributed by atoms with Crippen LogP contribution in [-0.4, -0.2) is 69.4 Å². The third-order valence-corrected chi connectivity index (χ3v) is 8.01. The van der Waals surface area contributed by atoms with E-state index in [0.29, 0.717) is 31.1 Å². The molecule has 0 spiro atoms. The van der Waals surface area contributed by atoms with Crippen molar-refractivity contribution in [1.82, 2.24) is 19.4 Å². The van der Waals surface area contributed by atoms with Gasteiger partial charge in [0, 0.05) is 79.2 Å². The van der Waals surface area contributed by atoms with Crippen LogP contribution in [0, 0.1) is 5.82 Å². The van der Waals surface area contributed by atoms with Crippen LogP contribution in [0.2, 0.25) is 0 Å². The molecule has 36 heavy (non-hydrogen) atoms. The Morgan fingerprint density at radius 1 is 1.06 bits per heavy atom.